The molecule has 0 spiro atoms. The van der Waals surface area contributed by atoms with Crippen molar-refractivity contribution in [3.05, 3.63) is 70.8 Å². The Hall–Kier alpha value is -1.60. The summed E-state index contributed by atoms with van der Waals surface area (Å²) in [6.07, 6.45) is 4.17. The first-order valence-electron chi connectivity index (χ1n) is 7.80. The summed E-state index contributed by atoms with van der Waals surface area (Å²) in [6.45, 7) is 2.06. The smallest absolute Gasteiger partial charge is 0.0218 e. The largest absolute Gasteiger partial charge is 0.312 e. The molecule has 0 bridgehead atoms. The third kappa shape index (κ3) is 2.06. The van der Waals surface area contributed by atoms with Gasteiger partial charge in [0.25, 0.3) is 0 Å². The van der Waals surface area contributed by atoms with E-state index in [9.17, 15) is 0 Å². The molecule has 2 aromatic rings. The monoisotopic (exact) mass is 263 g/mol. The second-order valence-corrected chi connectivity index (χ2v) is 6.18. The maximum absolute atomic E-state index is 3.55. The molecule has 1 unspecified atom stereocenters. The summed E-state index contributed by atoms with van der Waals surface area (Å²) >= 11 is 0. The minimum Gasteiger partial charge on any atom is -0.312 e. The minimum atomic E-state index is 0.510. The molecule has 1 nitrogen and oxygen atoms in total. The molecule has 0 aromatic heterocycles. The zero-order chi connectivity index (χ0) is 13.4. The molecule has 4 rings (SSSR count). The molecule has 1 N–H and O–H groups in total. The number of benzene rings is 2. The first-order chi connectivity index (χ1) is 9.92. The molecule has 0 saturated heterocycles. The lowest BCUT2D eigenvalue weighted by atomic mass is 9.79. The van der Waals surface area contributed by atoms with E-state index in [0.29, 0.717) is 5.92 Å². The van der Waals surface area contributed by atoms with E-state index in [1.54, 1.807) is 0 Å². The van der Waals surface area contributed by atoms with Crippen LogP contribution < -0.4 is 5.32 Å². The number of fused-ring (bicyclic) bond motifs is 1. The van der Waals surface area contributed by atoms with Crippen LogP contribution in [0.4, 0.5) is 0 Å². The van der Waals surface area contributed by atoms with Crippen molar-refractivity contribution in [2.45, 2.75) is 37.6 Å². The van der Waals surface area contributed by atoms with Gasteiger partial charge in [-0.25, -0.2) is 0 Å². The lowest BCUT2D eigenvalue weighted by molar-refractivity contribution is 0.419. The summed E-state index contributed by atoms with van der Waals surface area (Å²) in [5.41, 5.74) is 5.94. The molecule has 1 heteroatoms. The number of hydrogen-bond acceptors (Lipinski definition) is 1. The Bertz CT molecular complexity index is 595. The topological polar surface area (TPSA) is 12.0 Å². The Balaban J connectivity index is 1.64. The van der Waals surface area contributed by atoms with Gasteiger partial charge in [0, 0.05) is 19.0 Å². The van der Waals surface area contributed by atoms with Gasteiger partial charge in [0.1, 0.15) is 0 Å². The van der Waals surface area contributed by atoms with E-state index in [-0.39, 0.29) is 0 Å². The highest BCUT2D eigenvalue weighted by Gasteiger charge is 2.22. The van der Waals surface area contributed by atoms with Gasteiger partial charge in [0.15, 0.2) is 0 Å². The molecule has 1 aliphatic carbocycles. The van der Waals surface area contributed by atoms with E-state index in [1.807, 2.05) is 0 Å². The quantitative estimate of drug-likeness (QED) is 0.856. The van der Waals surface area contributed by atoms with E-state index in [0.717, 1.165) is 19.0 Å². The second kappa shape index (κ2) is 5.06. The van der Waals surface area contributed by atoms with Crippen molar-refractivity contribution in [2.24, 2.45) is 0 Å². The molecule has 0 radical (unpaired) electrons. The van der Waals surface area contributed by atoms with Crippen LogP contribution in [-0.2, 0) is 6.54 Å². The van der Waals surface area contributed by atoms with Crippen LogP contribution in [-0.4, -0.2) is 6.54 Å². The summed E-state index contributed by atoms with van der Waals surface area (Å²) in [7, 11) is 0. The fraction of sp³-hybridized carbons (Fsp3) is 0.368. The summed E-state index contributed by atoms with van der Waals surface area (Å²) in [5.74, 6) is 1.34. The highest BCUT2D eigenvalue weighted by Crippen LogP contribution is 2.37. The van der Waals surface area contributed by atoms with Crippen LogP contribution in [0.1, 0.15) is 53.4 Å². The molecule has 1 atom stereocenters. The van der Waals surface area contributed by atoms with Gasteiger partial charge in [0.05, 0.1) is 0 Å². The van der Waals surface area contributed by atoms with Crippen molar-refractivity contribution >= 4 is 0 Å². The van der Waals surface area contributed by atoms with Crippen LogP contribution in [0, 0.1) is 0 Å². The van der Waals surface area contributed by atoms with Crippen molar-refractivity contribution in [3.63, 3.8) is 0 Å². The number of nitrogens with one attached hydrogen (secondary N) is 1. The average Bonchev–Trinajstić information content (AvgIpc) is 2.46. The standard InChI is InChI=1S/C19H21N/c1-2-7-18-17(4-1)12-20-13-19(18)16-10-8-15(9-11-16)14-5-3-6-14/h1-2,4,7-11,14,19-20H,3,5-6,12-13H2. The fourth-order valence-electron chi connectivity index (χ4n) is 3.54. The number of rotatable bonds is 2. The molecule has 20 heavy (non-hydrogen) atoms. The Morgan fingerprint density at radius 1 is 0.850 bits per heavy atom. The molecule has 2 aliphatic rings. The van der Waals surface area contributed by atoms with Gasteiger partial charge in [-0.2, -0.15) is 0 Å². The van der Waals surface area contributed by atoms with Crippen LogP contribution in [0.3, 0.4) is 0 Å². The SMILES string of the molecule is c1ccc2c(c1)CNCC2c1ccc(C2CCC2)cc1. The van der Waals surface area contributed by atoms with Crippen molar-refractivity contribution in [1.82, 2.24) is 5.32 Å². The molecule has 1 fully saturated rings. The molecule has 2 aromatic carbocycles. The Kier molecular flexibility index (Phi) is 3.08. The summed E-state index contributed by atoms with van der Waals surface area (Å²) < 4.78 is 0. The molecule has 1 heterocycles. The van der Waals surface area contributed by atoms with E-state index in [1.165, 1.54) is 41.5 Å². The lowest BCUT2D eigenvalue weighted by Gasteiger charge is -2.28. The van der Waals surface area contributed by atoms with E-state index in [4.69, 9.17) is 0 Å². The molecule has 102 valence electrons. The van der Waals surface area contributed by atoms with Crippen LogP contribution in [0.5, 0.6) is 0 Å². The van der Waals surface area contributed by atoms with E-state index < -0.39 is 0 Å². The first-order valence-corrected chi connectivity index (χ1v) is 7.80. The second-order valence-electron chi connectivity index (χ2n) is 6.18. The van der Waals surface area contributed by atoms with Crippen molar-refractivity contribution in [1.29, 1.82) is 0 Å². The van der Waals surface area contributed by atoms with Gasteiger partial charge < -0.3 is 5.32 Å². The first kappa shape index (κ1) is 12.2. The summed E-state index contributed by atoms with van der Waals surface area (Å²) in [5, 5.41) is 3.55. The maximum Gasteiger partial charge on any atom is 0.0218 e. The van der Waals surface area contributed by atoms with Gasteiger partial charge in [0.2, 0.25) is 0 Å². The predicted octanol–water partition coefficient (Wildman–Crippen LogP) is 4.19. The van der Waals surface area contributed by atoms with Crippen molar-refractivity contribution in [2.75, 3.05) is 6.54 Å². The van der Waals surface area contributed by atoms with Crippen LogP contribution in [0.25, 0.3) is 0 Å². The summed E-state index contributed by atoms with van der Waals surface area (Å²) in [4.78, 5) is 0. The third-order valence-electron chi connectivity index (χ3n) is 5.01. The van der Waals surface area contributed by atoms with Crippen molar-refractivity contribution in [3.8, 4) is 0 Å². The summed E-state index contributed by atoms with van der Waals surface area (Å²) in [6, 6.07) is 18.3. The Morgan fingerprint density at radius 3 is 2.35 bits per heavy atom. The molecular weight excluding hydrogens is 242 g/mol. The number of hydrogen-bond donors (Lipinski definition) is 1. The third-order valence-corrected chi connectivity index (χ3v) is 5.01. The van der Waals surface area contributed by atoms with Crippen LogP contribution >= 0.6 is 0 Å². The van der Waals surface area contributed by atoms with E-state index in [2.05, 4.69) is 53.8 Å². The average molecular weight is 263 g/mol. The van der Waals surface area contributed by atoms with Gasteiger partial charge in [-0.05, 0) is 41.0 Å². The zero-order valence-electron chi connectivity index (χ0n) is 11.8. The lowest BCUT2D eigenvalue weighted by Crippen LogP contribution is -2.28. The van der Waals surface area contributed by atoms with Gasteiger partial charge in [-0.3, -0.25) is 0 Å². The Labute approximate surface area is 121 Å². The maximum atomic E-state index is 3.55. The van der Waals surface area contributed by atoms with Crippen LogP contribution in [0.2, 0.25) is 0 Å². The van der Waals surface area contributed by atoms with Crippen LogP contribution in [0.15, 0.2) is 48.5 Å². The van der Waals surface area contributed by atoms with Gasteiger partial charge in [-0.1, -0.05) is 55.0 Å². The predicted molar refractivity (Wildman–Crippen MR) is 83.0 cm³/mol. The fourth-order valence-corrected chi connectivity index (χ4v) is 3.54. The molecular formula is C19H21N. The molecule has 0 amide bonds. The van der Waals surface area contributed by atoms with Gasteiger partial charge in [-0.15, -0.1) is 0 Å². The molecule has 1 aliphatic heterocycles. The van der Waals surface area contributed by atoms with E-state index >= 15 is 0 Å². The van der Waals surface area contributed by atoms with Crippen molar-refractivity contribution < 1.29 is 0 Å². The van der Waals surface area contributed by atoms with Gasteiger partial charge >= 0.3 is 0 Å². The zero-order valence-corrected chi connectivity index (χ0v) is 11.8. The normalized spacial score (nSPS) is 22.1. The minimum absolute atomic E-state index is 0.510. The molecule has 1 saturated carbocycles. The Morgan fingerprint density at radius 2 is 1.60 bits per heavy atom. The highest BCUT2D eigenvalue weighted by molar-refractivity contribution is 5.41. The highest BCUT2D eigenvalue weighted by atomic mass is 14.9.